The third-order valence-electron chi connectivity index (χ3n) is 5.89. The van der Waals surface area contributed by atoms with Crippen molar-refractivity contribution in [1.82, 2.24) is 9.88 Å². The summed E-state index contributed by atoms with van der Waals surface area (Å²) in [7, 11) is 0. The topological polar surface area (TPSA) is 33.2 Å². The fourth-order valence-electron chi connectivity index (χ4n) is 4.39. The normalized spacial score (nSPS) is 23.3. The first-order valence-electron chi connectivity index (χ1n) is 9.61. The summed E-state index contributed by atoms with van der Waals surface area (Å²) < 4.78 is 39.6. The minimum atomic E-state index is -4.26. The number of aryl methyl sites for hydroxylation is 1. The van der Waals surface area contributed by atoms with Crippen LogP contribution in [-0.2, 0) is 12.8 Å². The number of carbonyl (C=O) groups excluding carboxylic acids is 1. The molecule has 4 rings (SSSR count). The van der Waals surface area contributed by atoms with Gasteiger partial charge in [-0.05, 0) is 49.7 Å². The van der Waals surface area contributed by atoms with Gasteiger partial charge in [-0.3, -0.25) is 9.78 Å². The maximum Gasteiger partial charge on any atom is 0.393 e. The Hall–Kier alpha value is -2.11. The average Bonchev–Trinajstić information content (AvgIpc) is 2.65. The van der Waals surface area contributed by atoms with E-state index >= 15 is 0 Å². The Labute approximate surface area is 156 Å². The summed E-state index contributed by atoms with van der Waals surface area (Å²) in [5.41, 5.74) is 3.19. The van der Waals surface area contributed by atoms with E-state index in [1.807, 2.05) is 24.3 Å². The molecule has 1 aromatic heterocycles. The first kappa shape index (κ1) is 18.3. The Morgan fingerprint density at radius 3 is 2.78 bits per heavy atom. The summed E-state index contributed by atoms with van der Waals surface area (Å²) >= 11 is 0. The van der Waals surface area contributed by atoms with Crippen molar-refractivity contribution in [3.05, 3.63) is 41.1 Å². The Balaban J connectivity index is 1.78. The van der Waals surface area contributed by atoms with E-state index in [1.54, 1.807) is 0 Å². The van der Waals surface area contributed by atoms with Crippen molar-refractivity contribution in [2.45, 2.75) is 45.2 Å². The van der Waals surface area contributed by atoms with E-state index in [9.17, 15) is 18.0 Å². The van der Waals surface area contributed by atoms with Gasteiger partial charge in [-0.2, -0.15) is 13.2 Å². The molecule has 0 spiro atoms. The van der Waals surface area contributed by atoms with Crippen LogP contribution in [0.2, 0.25) is 0 Å². The average molecular weight is 376 g/mol. The Bertz CT molecular complexity index is 878. The predicted octanol–water partition coefficient (Wildman–Crippen LogP) is 4.77. The fraction of sp³-hybridized carbons (Fsp3) is 0.524. The number of para-hydroxylation sites is 1. The first-order chi connectivity index (χ1) is 12.8. The van der Waals surface area contributed by atoms with Crippen LogP contribution in [0.4, 0.5) is 13.2 Å². The second-order valence-corrected chi connectivity index (χ2v) is 7.91. The van der Waals surface area contributed by atoms with E-state index in [0.29, 0.717) is 24.4 Å². The van der Waals surface area contributed by atoms with Gasteiger partial charge in [0.15, 0.2) is 0 Å². The number of aromatic nitrogens is 1. The van der Waals surface area contributed by atoms with Crippen molar-refractivity contribution in [2.24, 2.45) is 11.8 Å². The number of piperidine rings is 1. The van der Waals surface area contributed by atoms with Crippen LogP contribution in [0.3, 0.4) is 0 Å². The zero-order valence-electron chi connectivity index (χ0n) is 15.4. The summed E-state index contributed by atoms with van der Waals surface area (Å²) in [5.74, 6) is -1.26. The number of rotatable bonds is 1. The SMILES string of the molecule is C[C@@H]1CCc2nc3ccccc3c(C(=O)N3CCC[C@@H](C(F)(F)F)C3)c2C1. The highest BCUT2D eigenvalue weighted by atomic mass is 19.4. The van der Waals surface area contributed by atoms with Crippen LogP contribution in [0.15, 0.2) is 24.3 Å². The van der Waals surface area contributed by atoms with Crippen molar-refractivity contribution < 1.29 is 18.0 Å². The van der Waals surface area contributed by atoms with Crippen LogP contribution in [0, 0.1) is 11.8 Å². The number of nitrogens with zero attached hydrogens (tertiary/aromatic N) is 2. The molecule has 1 aromatic carbocycles. The van der Waals surface area contributed by atoms with E-state index in [4.69, 9.17) is 4.98 Å². The summed E-state index contributed by atoms with van der Waals surface area (Å²) in [6.07, 6.45) is -1.19. The lowest BCUT2D eigenvalue weighted by Gasteiger charge is -2.35. The maximum absolute atomic E-state index is 13.4. The van der Waals surface area contributed by atoms with Gasteiger partial charge in [0.1, 0.15) is 0 Å². The number of fused-ring (bicyclic) bond motifs is 2. The summed E-state index contributed by atoms with van der Waals surface area (Å²) in [6, 6.07) is 7.47. The molecule has 0 bridgehead atoms. The van der Waals surface area contributed by atoms with Crippen molar-refractivity contribution in [2.75, 3.05) is 13.1 Å². The van der Waals surface area contributed by atoms with Crippen LogP contribution in [0.5, 0.6) is 0 Å². The Kier molecular flexibility index (Phi) is 4.60. The number of alkyl halides is 3. The highest BCUT2D eigenvalue weighted by Gasteiger charge is 2.43. The summed E-state index contributed by atoms with van der Waals surface area (Å²) in [6.45, 7) is 2.28. The van der Waals surface area contributed by atoms with Gasteiger partial charge in [-0.15, -0.1) is 0 Å². The third-order valence-corrected chi connectivity index (χ3v) is 5.89. The van der Waals surface area contributed by atoms with E-state index in [2.05, 4.69) is 6.92 Å². The zero-order valence-corrected chi connectivity index (χ0v) is 15.4. The van der Waals surface area contributed by atoms with Gasteiger partial charge in [0.2, 0.25) is 0 Å². The van der Waals surface area contributed by atoms with Crippen LogP contribution in [0.1, 0.15) is 47.8 Å². The molecule has 0 saturated carbocycles. The van der Waals surface area contributed by atoms with Gasteiger partial charge in [0, 0.05) is 24.2 Å². The van der Waals surface area contributed by atoms with Crippen molar-refractivity contribution in [3.8, 4) is 0 Å². The molecule has 2 aliphatic rings. The van der Waals surface area contributed by atoms with E-state index in [-0.39, 0.29) is 18.9 Å². The predicted molar refractivity (Wildman–Crippen MR) is 97.6 cm³/mol. The van der Waals surface area contributed by atoms with Crippen molar-refractivity contribution in [1.29, 1.82) is 0 Å². The molecule has 1 aliphatic carbocycles. The third kappa shape index (κ3) is 3.42. The number of hydrogen-bond acceptors (Lipinski definition) is 2. The molecule has 2 heterocycles. The molecule has 27 heavy (non-hydrogen) atoms. The quantitative estimate of drug-likeness (QED) is 0.718. The number of amides is 1. The largest absolute Gasteiger partial charge is 0.393 e. The zero-order chi connectivity index (χ0) is 19.2. The van der Waals surface area contributed by atoms with Gasteiger partial charge >= 0.3 is 6.18 Å². The number of pyridine rings is 1. The lowest BCUT2D eigenvalue weighted by atomic mass is 9.83. The lowest BCUT2D eigenvalue weighted by molar-refractivity contribution is -0.184. The molecule has 6 heteroatoms. The van der Waals surface area contributed by atoms with E-state index in [1.165, 1.54) is 4.90 Å². The molecule has 2 atom stereocenters. The van der Waals surface area contributed by atoms with Gasteiger partial charge in [0.05, 0.1) is 17.0 Å². The minimum Gasteiger partial charge on any atom is -0.338 e. The number of likely N-dealkylation sites (tertiary alicyclic amines) is 1. The fourth-order valence-corrected chi connectivity index (χ4v) is 4.39. The highest BCUT2D eigenvalue weighted by molar-refractivity contribution is 6.07. The number of halogens is 3. The standard InChI is InChI=1S/C21H23F3N2O/c1-13-8-9-18-16(11-13)19(15-6-2-3-7-17(15)25-18)20(27)26-10-4-5-14(12-26)21(22,23)24/h2-3,6-7,13-14H,4-5,8-12H2,1H3/t13-,14-/m1/s1. The van der Waals surface area contributed by atoms with Gasteiger partial charge < -0.3 is 4.90 Å². The molecule has 0 unspecified atom stereocenters. The van der Waals surface area contributed by atoms with E-state index in [0.717, 1.165) is 41.4 Å². The molecule has 0 N–H and O–H groups in total. The van der Waals surface area contributed by atoms with Crippen LogP contribution >= 0.6 is 0 Å². The second-order valence-electron chi connectivity index (χ2n) is 7.91. The number of hydrogen-bond donors (Lipinski definition) is 0. The molecule has 0 radical (unpaired) electrons. The van der Waals surface area contributed by atoms with Crippen LogP contribution in [-0.4, -0.2) is 35.1 Å². The second kappa shape index (κ2) is 6.80. The molecule has 3 nitrogen and oxygen atoms in total. The summed E-state index contributed by atoms with van der Waals surface area (Å²) in [5, 5.41) is 0.754. The maximum atomic E-state index is 13.4. The smallest absolute Gasteiger partial charge is 0.338 e. The Morgan fingerprint density at radius 1 is 1.22 bits per heavy atom. The molecular formula is C21H23F3N2O. The monoisotopic (exact) mass is 376 g/mol. The first-order valence-corrected chi connectivity index (χ1v) is 9.61. The summed E-state index contributed by atoms with van der Waals surface area (Å²) in [4.78, 5) is 19.5. The molecular weight excluding hydrogens is 353 g/mol. The van der Waals surface area contributed by atoms with Crippen LogP contribution < -0.4 is 0 Å². The van der Waals surface area contributed by atoms with Gasteiger partial charge in [0.25, 0.3) is 5.91 Å². The number of carbonyl (C=O) groups is 1. The molecule has 1 saturated heterocycles. The highest BCUT2D eigenvalue weighted by Crippen LogP contribution is 2.36. The van der Waals surface area contributed by atoms with E-state index < -0.39 is 12.1 Å². The molecule has 2 aromatic rings. The number of benzene rings is 1. The van der Waals surface area contributed by atoms with Gasteiger partial charge in [-0.1, -0.05) is 25.1 Å². The van der Waals surface area contributed by atoms with Crippen LogP contribution in [0.25, 0.3) is 10.9 Å². The van der Waals surface area contributed by atoms with Crippen molar-refractivity contribution >= 4 is 16.8 Å². The van der Waals surface area contributed by atoms with Gasteiger partial charge in [-0.25, -0.2) is 0 Å². The molecule has 1 fully saturated rings. The van der Waals surface area contributed by atoms with Crippen molar-refractivity contribution in [3.63, 3.8) is 0 Å². The minimum absolute atomic E-state index is 0.0967. The molecule has 1 aliphatic heterocycles. The Morgan fingerprint density at radius 2 is 2.00 bits per heavy atom. The molecule has 1 amide bonds. The molecule has 144 valence electrons. The lowest BCUT2D eigenvalue weighted by Crippen LogP contribution is -2.45.